The zero-order valence-electron chi connectivity index (χ0n) is 15.0. The summed E-state index contributed by atoms with van der Waals surface area (Å²) >= 11 is 0. The maximum absolute atomic E-state index is 11.9. The quantitative estimate of drug-likeness (QED) is 0.921. The van der Waals surface area contributed by atoms with E-state index in [0.29, 0.717) is 0 Å². The third-order valence-electron chi connectivity index (χ3n) is 4.57. The fourth-order valence-electron chi connectivity index (χ4n) is 3.45. The van der Waals surface area contributed by atoms with Gasteiger partial charge in [0.05, 0.1) is 0 Å². The van der Waals surface area contributed by atoms with Gasteiger partial charge in [0.15, 0.2) is 0 Å². The van der Waals surface area contributed by atoms with Gasteiger partial charge in [0.1, 0.15) is 5.60 Å². The number of piperidine rings is 1. The first-order valence-electron chi connectivity index (χ1n) is 8.88. The van der Waals surface area contributed by atoms with Crippen LogP contribution in [0.25, 0.3) is 6.08 Å². The van der Waals surface area contributed by atoms with E-state index in [0.717, 1.165) is 38.9 Å². The summed E-state index contributed by atoms with van der Waals surface area (Å²) in [5, 5.41) is 3.00. The Morgan fingerprint density at radius 1 is 1.25 bits per heavy atom. The molecule has 0 atom stereocenters. The SMILES string of the molecule is CC(C)(C)OC(=O)NC1CCN(CC2=Cc3ccccc3C2)CC1. The van der Waals surface area contributed by atoms with Gasteiger partial charge in [-0.05, 0) is 51.2 Å². The molecule has 0 spiro atoms. The highest BCUT2D eigenvalue weighted by molar-refractivity contribution is 5.68. The van der Waals surface area contributed by atoms with Crippen LogP contribution in [-0.4, -0.2) is 42.3 Å². The summed E-state index contributed by atoms with van der Waals surface area (Å²) in [7, 11) is 0. The van der Waals surface area contributed by atoms with E-state index < -0.39 is 5.60 Å². The van der Waals surface area contributed by atoms with E-state index in [4.69, 9.17) is 4.74 Å². The maximum Gasteiger partial charge on any atom is 0.407 e. The van der Waals surface area contributed by atoms with Gasteiger partial charge in [-0.15, -0.1) is 0 Å². The first-order chi connectivity index (χ1) is 11.4. The first-order valence-corrected chi connectivity index (χ1v) is 8.88. The number of ether oxygens (including phenoxy) is 1. The van der Waals surface area contributed by atoms with E-state index in [1.54, 1.807) is 0 Å². The molecule has 1 fully saturated rings. The number of amides is 1. The molecule has 0 radical (unpaired) electrons. The lowest BCUT2D eigenvalue weighted by atomic mass is 10.0. The Bertz CT molecular complexity index is 623. The molecule has 0 saturated carbocycles. The average molecular weight is 328 g/mol. The van der Waals surface area contributed by atoms with Gasteiger partial charge in [-0.1, -0.05) is 35.9 Å². The third-order valence-corrected chi connectivity index (χ3v) is 4.57. The third kappa shape index (κ3) is 4.60. The van der Waals surface area contributed by atoms with Crippen molar-refractivity contribution in [1.29, 1.82) is 0 Å². The van der Waals surface area contributed by atoms with Crippen LogP contribution in [0.15, 0.2) is 29.8 Å². The van der Waals surface area contributed by atoms with Gasteiger partial charge in [-0.25, -0.2) is 4.79 Å². The average Bonchev–Trinajstić information content (AvgIpc) is 2.89. The number of hydrogen-bond donors (Lipinski definition) is 1. The fourth-order valence-corrected chi connectivity index (χ4v) is 3.45. The van der Waals surface area contributed by atoms with Crippen molar-refractivity contribution >= 4 is 12.2 Å². The van der Waals surface area contributed by atoms with Gasteiger partial charge < -0.3 is 10.1 Å². The highest BCUT2D eigenvalue weighted by atomic mass is 16.6. The van der Waals surface area contributed by atoms with E-state index in [1.165, 1.54) is 16.7 Å². The lowest BCUT2D eigenvalue weighted by Gasteiger charge is -2.33. The number of fused-ring (bicyclic) bond motifs is 1. The minimum Gasteiger partial charge on any atom is -0.444 e. The number of likely N-dealkylation sites (tertiary alicyclic amines) is 1. The Labute approximate surface area is 144 Å². The molecule has 2 aliphatic rings. The lowest BCUT2D eigenvalue weighted by Crippen LogP contribution is -2.46. The molecule has 1 aromatic rings. The van der Waals surface area contributed by atoms with Crippen molar-refractivity contribution in [2.24, 2.45) is 0 Å². The number of rotatable bonds is 3. The maximum atomic E-state index is 11.9. The molecule has 0 unspecified atom stereocenters. The Morgan fingerprint density at radius 3 is 2.62 bits per heavy atom. The van der Waals surface area contributed by atoms with E-state index in [9.17, 15) is 4.79 Å². The van der Waals surface area contributed by atoms with Crippen molar-refractivity contribution < 1.29 is 9.53 Å². The standard InChI is InChI=1S/C20H28N2O2/c1-20(2,3)24-19(23)21-18-8-10-22(11-9-18)14-15-12-16-6-4-5-7-17(16)13-15/h4-7,12,18H,8-11,13-14H2,1-3H3,(H,21,23). The summed E-state index contributed by atoms with van der Waals surface area (Å²) in [5.74, 6) is 0. The number of carbonyl (C=O) groups excluding carboxylic acids is 1. The lowest BCUT2D eigenvalue weighted by molar-refractivity contribution is 0.0480. The molecule has 130 valence electrons. The van der Waals surface area contributed by atoms with Gasteiger partial charge in [0.2, 0.25) is 0 Å². The van der Waals surface area contributed by atoms with Crippen LogP contribution in [0.4, 0.5) is 4.79 Å². The molecule has 1 heterocycles. The highest BCUT2D eigenvalue weighted by Gasteiger charge is 2.24. The Kier molecular flexibility index (Phi) is 4.95. The van der Waals surface area contributed by atoms with Crippen LogP contribution < -0.4 is 5.32 Å². The van der Waals surface area contributed by atoms with Crippen LogP contribution in [0.1, 0.15) is 44.7 Å². The molecule has 1 amide bonds. The fraction of sp³-hybridized carbons (Fsp3) is 0.550. The largest absolute Gasteiger partial charge is 0.444 e. The molecule has 1 aromatic carbocycles. The second kappa shape index (κ2) is 6.98. The van der Waals surface area contributed by atoms with E-state index in [2.05, 4.69) is 40.6 Å². The van der Waals surface area contributed by atoms with Gasteiger partial charge >= 0.3 is 6.09 Å². The van der Waals surface area contributed by atoms with Crippen LogP contribution in [0.3, 0.4) is 0 Å². The molecule has 24 heavy (non-hydrogen) atoms. The number of alkyl carbamates (subject to hydrolysis) is 1. The summed E-state index contributed by atoms with van der Waals surface area (Å²) in [6.45, 7) is 8.75. The molecular formula is C20H28N2O2. The molecule has 1 saturated heterocycles. The number of nitrogens with zero attached hydrogens (tertiary/aromatic N) is 1. The van der Waals surface area contributed by atoms with Crippen LogP contribution in [-0.2, 0) is 11.2 Å². The highest BCUT2D eigenvalue weighted by Crippen LogP contribution is 2.26. The van der Waals surface area contributed by atoms with Gasteiger partial charge in [0, 0.05) is 25.7 Å². The van der Waals surface area contributed by atoms with Crippen LogP contribution in [0.2, 0.25) is 0 Å². The minimum absolute atomic E-state index is 0.228. The van der Waals surface area contributed by atoms with E-state index >= 15 is 0 Å². The predicted octanol–water partition coefficient (Wildman–Crippen LogP) is 3.62. The number of carbonyl (C=O) groups is 1. The van der Waals surface area contributed by atoms with Crippen molar-refractivity contribution in [3.63, 3.8) is 0 Å². The van der Waals surface area contributed by atoms with Crippen LogP contribution in [0, 0.1) is 0 Å². The van der Waals surface area contributed by atoms with Crippen molar-refractivity contribution in [3.05, 3.63) is 41.0 Å². The molecular weight excluding hydrogens is 300 g/mol. The number of nitrogens with one attached hydrogen (secondary N) is 1. The Balaban J connectivity index is 1.43. The zero-order valence-corrected chi connectivity index (χ0v) is 15.0. The first kappa shape index (κ1) is 17.0. The summed E-state index contributed by atoms with van der Waals surface area (Å²) < 4.78 is 5.34. The molecule has 1 aliphatic heterocycles. The Hall–Kier alpha value is -1.81. The molecule has 1 aliphatic carbocycles. The monoisotopic (exact) mass is 328 g/mol. The molecule has 0 aromatic heterocycles. The molecule has 4 heteroatoms. The van der Waals surface area contributed by atoms with E-state index in [1.807, 2.05) is 20.8 Å². The molecule has 0 bridgehead atoms. The minimum atomic E-state index is -0.436. The summed E-state index contributed by atoms with van der Waals surface area (Å²) in [6, 6.07) is 8.86. The van der Waals surface area contributed by atoms with Crippen molar-refractivity contribution in [2.45, 2.75) is 51.7 Å². The smallest absolute Gasteiger partial charge is 0.407 e. The van der Waals surface area contributed by atoms with Gasteiger partial charge in [0.25, 0.3) is 0 Å². The van der Waals surface area contributed by atoms with Crippen molar-refractivity contribution in [2.75, 3.05) is 19.6 Å². The normalized spacial score (nSPS) is 18.9. The van der Waals surface area contributed by atoms with Crippen molar-refractivity contribution in [1.82, 2.24) is 10.2 Å². The van der Waals surface area contributed by atoms with Gasteiger partial charge in [-0.3, -0.25) is 4.90 Å². The molecule has 1 N–H and O–H groups in total. The molecule has 3 rings (SSSR count). The van der Waals surface area contributed by atoms with Gasteiger partial charge in [-0.2, -0.15) is 0 Å². The number of hydrogen-bond acceptors (Lipinski definition) is 3. The summed E-state index contributed by atoms with van der Waals surface area (Å²) in [5.41, 5.74) is 3.87. The van der Waals surface area contributed by atoms with E-state index in [-0.39, 0.29) is 12.1 Å². The molecule has 4 nitrogen and oxygen atoms in total. The second-order valence-electron chi connectivity index (χ2n) is 7.87. The van der Waals surface area contributed by atoms with Crippen LogP contribution >= 0.6 is 0 Å². The Morgan fingerprint density at radius 2 is 1.96 bits per heavy atom. The zero-order chi connectivity index (χ0) is 17.2. The topological polar surface area (TPSA) is 41.6 Å². The summed E-state index contributed by atoms with van der Waals surface area (Å²) in [4.78, 5) is 14.3. The second-order valence-corrected chi connectivity index (χ2v) is 7.87. The summed E-state index contributed by atoms with van der Waals surface area (Å²) in [6.07, 6.45) is 5.08. The predicted molar refractivity (Wildman–Crippen MR) is 97.0 cm³/mol. The van der Waals surface area contributed by atoms with Crippen LogP contribution in [0.5, 0.6) is 0 Å². The van der Waals surface area contributed by atoms with Crippen molar-refractivity contribution in [3.8, 4) is 0 Å². The number of benzene rings is 1.